The molecule has 3 heterocycles. The second kappa shape index (κ2) is 8.99. The molecule has 0 aliphatic heterocycles. The number of nitrogens with one attached hydrogen (secondary N) is 3. The van der Waals surface area contributed by atoms with Gasteiger partial charge in [0.1, 0.15) is 17.8 Å². The van der Waals surface area contributed by atoms with Crippen LogP contribution in [0, 0.1) is 0 Å². The third-order valence-corrected chi connectivity index (χ3v) is 6.11. The number of carbonyl (C=O) groups excluding carboxylic acids is 1. The van der Waals surface area contributed by atoms with Crippen molar-refractivity contribution < 1.29 is 4.79 Å². The van der Waals surface area contributed by atoms with Crippen molar-refractivity contribution in [3.8, 4) is 5.82 Å². The number of rotatable bonds is 6. The van der Waals surface area contributed by atoms with Gasteiger partial charge < -0.3 is 15.6 Å². The summed E-state index contributed by atoms with van der Waals surface area (Å²) >= 11 is 0. The first-order valence-electron chi connectivity index (χ1n) is 11.7. The van der Waals surface area contributed by atoms with Gasteiger partial charge in [-0.1, -0.05) is 48.5 Å². The predicted octanol–water partition coefficient (Wildman–Crippen LogP) is 5.72. The molecule has 0 aliphatic carbocycles. The lowest BCUT2D eigenvalue weighted by Gasteiger charge is -2.14. The Bertz CT molecular complexity index is 1650. The zero-order valence-corrected chi connectivity index (χ0v) is 19.5. The lowest BCUT2D eigenvalue weighted by Crippen LogP contribution is -2.12. The Morgan fingerprint density at radius 2 is 1.78 bits per heavy atom. The van der Waals surface area contributed by atoms with Crippen LogP contribution in [0.15, 0.2) is 97.5 Å². The van der Waals surface area contributed by atoms with Gasteiger partial charge in [0.15, 0.2) is 0 Å². The fourth-order valence-electron chi connectivity index (χ4n) is 4.24. The van der Waals surface area contributed by atoms with Crippen molar-refractivity contribution in [3.05, 3.63) is 109 Å². The van der Waals surface area contributed by atoms with Crippen molar-refractivity contribution in [2.45, 2.75) is 13.0 Å². The zero-order chi connectivity index (χ0) is 24.5. The van der Waals surface area contributed by atoms with E-state index >= 15 is 0 Å². The first-order chi connectivity index (χ1) is 17.6. The summed E-state index contributed by atoms with van der Waals surface area (Å²) in [7, 11) is 0. The van der Waals surface area contributed by atoms with E-state index in [-0.39, 0.29) is 11.9 Å². The van der Waals surface area contributed by atoms with Crippen LogP contribution < -0.4 is 10.6 Å². The third-order valence-electron chi connectivity index (χ3n) is 6.11. The maximum atomic E-state index is 12.8. The molecule has 3 aromatic carbocycles. The highest BCUT2D eigenvalue weighted by atomic mass is 16.1. The molecule has 6 rings (SSSR count). The molecule has 36 heavy (non-hydrogen) atoms. The third kappa shape index (κ3) is 4.16. The zero-order valence-electron chi connectivity index (χ0n) is 19.5. The lowest BCUT2D eigenvalue weighted by atomic mass is 10.1. The Hall–Kier alpha value is -4.98. The number of nitrogens with zero attached hydrogens (tertiary/aromatic N) is 4. The maximum absolute atomic E-state index is 12.8. The Kier molecular flexibility index (Phi) is 5.38. The van der Waals surface area contributed by atoms with Gasteiger partial charge in [0.25, 0.3) is 5.91 Å². The number of H-pyrrole nitrogens is 1. The summed E-state index contributed by atoms with van der Waals surface area (Å²) in [6.07, 6.45) is 3.45. The molecule has 0 aliphatic rings. The van der Waals surface area contributed by atoms with Gasteiger partial charge in [-0.05, 0) is 48.9 Å². The topological polar surface area (TPSA) is 101 Å². The summed E-state index contributed by atoms with van der Waals surface area (Å²) < 4.78 is 1.90. The minimum Gasteiger partial charge on any atom is -0.351 e. The largest absolute Gasteiger partial charge is 0.351 e. The minimum absolute atomic E-state index is 0.0596. The molecular weight excluding hydrogens is 450 g/mol. The summed E-state index contributed by atoms with van der Waals surface area (Å²) in [4.78, 5) is 29.5. The molecule has 0 saturated heterocycles. The number of amides is 1. The molecule has 3 aromatic heterocycles. The Labute approximate surface area is 207 Å². The number of para-hydroxylation sites is 1. The molecule has 1 atom stereocenters. The molecule has 0 radical (unpaired) electrons. The second-order valence-corrected chi connectivity index (χ2v) is 8.56. The van der Waals surface area contributed by atoms with E-state index in [9.17, 15) is 4.79 Å². The van der Waals surface area contributed by atoms with E-state index in [1.165, 1.54) is 0 Å². The van der Waals surface area contributed by atoms with Gasteiger partial charge >= 0.3 is 0 Å². The van der Waals surface area contributed by atoms with Crippen LogP contribution in [0.2, 0.25) is 0 Å². The van der Waals surface area contributed by atoms with Crippen molar-refractivity contribution in [2.24, 2.45) is 0 Å². The monoisotopic (exact) mass is 473 g/mol. The standard InChI is InChI=1S/C28H23N7O/c1-18(19-7-3-2-4-8-19)31-28-29-14-13-26(34-28)35-17-30-23-16-21(11-12-25(23)35)32-27(36)24-15-20-9-5-6-10-22(20)33-24/h2-18,33H,1H3,(H,32,36)(H,29,31,34). The smallest absolute Gasteiger partial charge is 0.272 e. The summed E-state index contributed by atoms with van der Waals surface area (Å²) in [5, 5.41) is 7.30. The number of carbonyl (C=O) groups is 1. The molecule has 1 amide bonds. The maximum Gasteiger partial charge on any atom is 0.272 e. The summed E-state index contributed by atoms with van der Waals surface area (Å²) in [5.41, 5.74) is 4.87. The van der Waals surface area contributed by atoms with Crippen LogP contribution >= 0.6 is 0 Å². The number of anilines is 2. The van der Waals surface area contributed by atoms with Gasteiger partial charge in [-0.25, -0.2) is 9.97 Å². The van der Waals surface area contributed by atoms with Crippen LogP contribution in [-0.4, -0.2) is 30.4 Å². The number of hydrogen-bond acceptors (Lipinski definition) is 5. The fraction of sp³-hybridized carbons (Fsp3) is 0.0714. The van der Waals surface area contributed by atoms with Crippen LogP contribution in [0.3, 0.4) is 0 Å². The van der Waals surface area contributed by atoms with Gasteiger partial charge in [0.05, 0.1) is 17.1 Å². The summed E-state index contributed by atoms with van der Waals surface area (Å²) in [5.74, 6) is 1.03. The average Bonchev–Trinajstić information content (AvgIpc) is 3.54. The molecule has 0 bridgehead atoms. The van der Waals surface area contributed by atoms with E-state index in [1.54, 1.807) is 12.5 Å². The number of hydrogen-bond donors (Lipinski definition) is 3. The highest BCUT2D eigenvalue weighted by Gasteiger charge is 2.13. The number of benzene rings is 3. The molecule has 0 saturated carbocycles. The molecule has 3 N–H and O–H groups in total. The number of imidazole rings is 1. The minimum atomic E-state index is -0.205. The van der Waals surface area contributed by atoms with Crippen molar-refractivity contribution in [1.29, 1.82) is 0 Å². The van der Waals surface area contributed by atoms with Crippen LogP contribution in [0.4, 0.5) is 11.6 Å². The Balaban J connectivity index is 1.22. The normalized spacial score (nSPS) is 12.0. The quantitative estimate of drug-likeness (QED) is 0.287. The van der Waals surface area contributed by atoms with E-state index in [0.717, 1.165) is 27.5 Å². The highest BCUT2D eigenvalue weighted by Crippen LogP contribution is 2.23. The second-order valence-electron chi connectivity index (χ2n) is 8.56. The summed E-state index contributed by atoms with van der Waals surface area (Å²) in [6.45, 7) is 2.07. The molecule has 8 heteroatoms. The number of aromatic amines is 1. The van der Waals surface area contributed by atoms with Crippen LogP contribution in [-0.2, 0) is 0 Å². The SMILES string of the molecule is CC(Nc1nccc(-n2cnc3cc(NC(=O)c4cc5ccccc5[nH]4)ccc32)n1)c1ccccc1. The van der Waals surface area contributed by atoms with Crippen LogP contribution in [0.1, 0.15) is 29.0 Å². The molecular formula is C28H23N7O. The van der Waals surface area contributed by atoms with E-state index in [4.69, 9.17) is 0 Å². The summed E-state index contributed by atoms with van der Waals surface area (Å²) in [6, 6.07) is 27.3. The van der Waals surface area contributed by atoms with Crippen molar-refractivity contribution in [3.63, 3.8) is 0 Å². The van der Waals surface area contributed by atoms with Crippen LogP contribution in [0.25, 0.3) is 27.8 Å². The van der Waals surface area contributed by atoms with E-state index in [2.05, 4.69) is 49.6 Å². The lowest BCUT2D eigenvalue weighted by molar-refractivity contribution is 0.102. The molecule has 176 valence electrons. The van der Waals surface area contributed by atoms with Gasteiger partial charge in [-0.2, -0.15) is 4.98 Å². The highest BCUT2D eigenvalue weighted by molar-refractivity contribution is 6.06. The van der Waals surface area contributed by atoms with Crippen molar-refractivity contribution in [1.82, 2.24) is 24.5 Å². The first-order valence-corrected chi connectivity index (χ1v) is 11.7. The van der Waals surface area contributed by atoms with Gasteiger partial charge in [0.2, 0.25) is 5.95 Å². The average molecular weight is 474 g/mol. The van der Waals surface area contributed by atoms with Crippen molar-refractivity contribution >= 4 is 39.5 Å². The van der Waals surface area contributed by atoms with Gasteiger partial charge in [0, 0.05) is 22.8 Å². The first kappa shape index (κ1) is 21.5. The number of fused-ring (bicyclic) bond motifs is 2. The van der Waals surface area contributed by atoms with Crippen molar-refractivity contribution in [2.75, 3.05) is 10.6 Å². The van der Waals surface area contributed by atoms with E-state index in [0.29, 0.717) is 23.1 Å². The fourth-order valence-corrected chi connectivity index (χ4v) is 4.24. The van der Waals surface area contributed by atoms with E-state index in [1.807, 2.05) is 77.4 Å². The molecule has 0 spiro atoms. The van der Waals surface area contributed by atoms with Gasteiger partial charge in [-0.15, -0.1) is 0 Å². The van der Waals surface area contributed by atoms with Gasteiger partial charge in [-0.3, -0.25) is 9.36 Å². The molecule has 6 aromatic rings. The number of aromatic nitrogens is 5. The molecule has 1 unspecified atom stereocenters. The predicted molar refractivity (Wildman–Crippen MR) is 141 cm³/mol. The van der Waals surface area contributed by atoms with E-state index < -0.39 is 0 Å². The van der Waals surface area contributed by atoms with Crippen LogP contribution in [0.5, 0.6) is 0 Å². The molecule has 0 fully saturated rings. The Morgan fingerprint density at radius 1 is 0.944 bits per heavy atom. The Morgan fingerprint density at radius 3 is 2.64 bits per heavy atom. The molecule has 8 nitrogen and oxygen atoms in total.